The molecular weight excluding hydrogens is 633 g/mol. The highest BCUT2D eigenvalue weighted by Gasteiger charge is 2.28. The van der Waals surface area contributed by atoms with Crippen molar-refractivity contribution in [1.82, 2.24) is 9.72 Å². The molecule has 46 heavy (non-hydrogen) atoms. The Balaban J connectivity index is 1.47. The number of pyridine rings is 1. The van der Waals surface area contributed by atoms with Gasteiger partial charge in [0, 0.05) is 46.4 Å². The van der Waals surface area contributed by atoms with Crippen LogP contribution in [-0.2, 0) is 23.6 Å². The topological polar surface area (TPSA) is 104 Å². The molecule has 0 saturated carbocycles. The van der Waals surface area contributed by atoms with Gasteiger partial charge in [0.1, 0.15) is 23.6 Å². The normalized spacial score (nSPS) is 11.5. The zero-order valence-electron chi connectivity index (χ0n) is 24.9. The first-order chi connectivity index (χ1) is 22.1. The van der Waals surface area contributed by atoms with Gasteiger partial charge in [-0.25, -0.2) is 17.1 Å². The Morgan fingerprint density at radius 2 is 1.70 bits per heavy atom. The van der Waals surface area contributed by atoms with Crippen LogP contribution in [0.1, 0.15) is 5.56 Å². The van der Waals surface area contributed by atoms with E-state index in [9.17, 15) is 13.2 Å². The second kappa shape index (κ2) is 12.3. The first kappa shape index (κ1) is 30.9. The number of halogens is 2. The van der Waals surface area contributed by atoms with Crippen molar-refractivity contribution in [3.05, 3.63) is 124 Å². The molecule has 9 nitrogen and oxygen atoms in total. The van der Waals surface area contributed by atoms with Crippen molar-refractivity contribution in [2.45, 2.75) is 11.4 Å². The number of ether oxygens (including phenoxy) is 2. The smallest absolute Gasteiger partial charge is 0.265 e. The molecule has 234 valence electrons. The number of aromatic nitrogens is 2. The van der Waals surface area contributed by atoms with Crippen LogP contribution in [0.5, 0.6) is 11.5 Å². The summed E-state index contributed by atoms with van der Waals surface area (Å²) >= 11 is 6.15. The van der Waals surface area contributed by atoms with E-state index in [0.29, 0.717) is 44.2 Å². The highest BCUT2D eigenvalue weighted by molar-refractivity contribution is 7.92. The van der Waals surface area contributed by atoms with Crippen molar-refractivity contribution in [3.63, 3.8) is 0 Å². The number of hydrogen-bond acceptors (Lipinski definition) is 7. The summed E-state index contributed by atoms with van der Waals surface area (Å²) in [5.41, 5.74) is 1.94. The number of rotatable bonds is 9. The largest absolute Gasteiger partial charge is 0.497 e. The summed E-state index contributed by atoms with van der Waals surface area (Å²) in [4.78, 5) is 13.3. The van der Waals surface area contributed by atoms with E-state index in [0.717, 1.165) is 4.31 Å². The zero-order chi connectivity index (χ0) is 32.6. The molecule has 0 fully saturated rings. The summed E-state index contributed by atoms with van der Waals surface area (Å²) in [5, 5.41) is 4.86. The first-order valence-electron chi connectivity index (χ1n) is 13.9. The molecule has 0 bridgehead atoms. The summed E-state index contributed by atoms with van der Waals surface area (Å²) in [6, 6.07) is 22.4. The lowest BCUT2D eigenvalue weighted by molar-refractivity contribution is 0.414. The molecule has 0 radical (unpaired) electrons. The average Bonchev–Trinajstić information content (AvgIpc) is 3.60. The molecule has 6 rings (SSSR count). The van der Waals surface area contributed by atoms with Gasteiger partial charge in [0.15, 0.2) is 5.82 Å². The van der Waals surface area contributed by atoms with Crippen LogP contribution in [0.15, 0.2) is 112 Å². The van der Waals surface area contributed by atoms with E-state index in [4.69, 9.17) is 25.6 Å². The van der Waals surface area contributed by atoms with Crippen LogP contribution in [0.25, 0.3) is 33.0 Å². The summed E-state index contributed by atoms with van der Waals surface area (Å²) in [5.74, 6) is 0.514. The van der Waals surface area contributed by atoms with Gasteiger partial charge in [0.25, 0.3) is 15.6 Å². The summed E-state index contributed by atoms with van der Waals surface area (Å²) in [6.45, 7) is -0.0651. The molecule has 0 amide bonds. The van der Waals surface area contributed by atoms with E-state index >= 15 is 4.39 Å². The number of aryl methyl sites for hydroxylation is 1. The molecule has 0 spiro atoms. The predicted molar refractivity (Wildman–Crippen MR) is 174 cm³/mol. The molecule has 0 atom stereocenters. The van der Waals surface area contributed by atoms with E-state index in [-0.39, 0.29) is 28.2 Å². The molecule has 4 aromatic carbocycles. The highest BCUT2D eigenvalue weighted by atomic mass is 35.5. The number of benzene rings is 4. The summed E-state index contributed by atoms with van der Waals surface area (Å²) < 4.78 is 62.2. The third-order valence-corrected chi connectivity index (χ3v) is 9.60. The predicted octanol–water partition coefficient (Wildman–Crippen LogP) is 7.07. The second-order valence-corrected chi connectivity index (χ2v) is 12.7. The van der Waals surface area contributed by atoms with E-state index < -0.39 is 21.4 Å². The van der Waals surface area contributed by atoms with Crippen LogP contribution < -0.4 is 19.3 Å². The van der Waals surface area contributed by atoms with Crippen LogP contribution in [-0.4, -0.2) is 32.4 Å². The Morgan fingerprint density at radius 1 is 0.913 bits per heavy atom. The first-order valence-corrected chi connectivity index (χ1v) is 15.8. The Bertz CT molecular complexity index is 2240. The lowest BCUT2D eigenvalue weighted by Gasteiger charge is -2.22. The number of sulfonamides is 1. The number of methoxy groups -OCH3 is 2. The van der Waals surface area contributed by atoms with Crippen molar-refractivity contribution < 1.29 is 26.8 Å². The molecule has 2 heterocycles. The number of hydrogen-bond donors (Lipinski definition) is 0. The molecular formula is C34H27ClFN3O6S. The maximum Gasteiger partial charge on any atom is 0.265 e. The summed E-state index contributed by atoms with van der Waals surface area (Å²) in [6.07, 6.45) is 2.85. The molecule has 12 heteroatoms. The third-order valence-electron chi connectivity index (χ3n) is 7.62. The van der Waals surface area contributed by atoms with E-state index in [1.165, 1.54) is 48.3 Å². The Morgan fingerprint density at radius 3 is 2.37 bits per heavy atom. The van der Waals surface area contributed by atoms with Crippen LogP contribution >= 0.6 is 11.6 Å². The average molecular weight is 660 g/mol. The number of anilines is 1. The number of fused-ring (bicyclic) bond motifs is 1. The lowest BCUT2D eigenvalue weighted by Crippen LogP contribution is -2.31. The quantitative estimate of drug-likeness (QED) is 0.164. The van der Waals surface area contributed by atoms with Gasteiger partial charge in [-0.3, -0.25) is 4.79 Å². The highest BCUT2D eigenvalue weighted by Crippen LogP contribution is 2.39. The van der Waals surface area contributed by atoms with Crippen molar-refractivity contribution in [3.8, 4) is 33.8 Å². The van der Waals surface area contributed by atoms with Crippen LogP contribution in [0.3, 0.4) is 0 Å². The minimum atomic E-state index is -4.26. The molecule has 0 unspecified atom stereocenters. The maximum absolute atomic E-state index is 15.6. The van der Waals surface area contributed by atoms with E-state index in [2.05, 4.69) is 5.16 Å². The van der Waals surface area contributed by atoms with Gasteiger partial charge in [-0.05, 0) is 65.0 Å². The second-order valence-electron chi connectivity index (χ2n) is 10.4. The molecule has 0 aliphatic heterocycles. The molecule has 0 aliphatic carbocycles. The van der Waals surface area contributed by atoms with Gasteiger partial charge in [0.2, 0.25) is 0 Å². The molecule has 0 N–H and O–H groups in total. The van der Waals surface area contributed by atoms with Crippen LogP contribution in [0.4, 0.5) is 10.2 Å². The fraction of sp³-hybridized carbons (Fsp3) is 0.118. The van der Waals surface area contributed by atoms with Crippen molar-refractivity contribution >= 4 is 38.2 Å². The Labute approximate surface area is 269 Å². The van der Waals surface area contributed by atoms with Crippen molar-refractivity contribution in [1.29, 1.82) is 0 Å². The van der Waals surface area contributed by atoms with Gasteiger partial charge in [0.05, 0.1) is 25.7 Å². The lowest BCUT2D eigenvalue weighted by atomic mass is 9.96. The number of nitrogens with zero attached hydrogens (tertiary/aromatic N) is 3. The minimum absolute atomic E-state index is 0.0651. The van der Waals surface area contributed by atoms with Crippen molar-refractivity contribution in [2.75, 3.05) is 18.5 Å². The standard InChI is InChI=1S/C34H27ClFN3O6S/c1-38-20-30(28-17-31(36)27(18-32(28)44-3)22-5-4-6-23(35)15-22)26-12-11-25(16-29(26)34(38)40)46(41,42)39(33-13-14-45-37-33)19-21-7-9-24(43-2)10-8-21/h4-18,20H,19H2,1-3H3. The van der Waals surface area contributed by atoms with E-state index in [1.54, 1.807) is 75.0 Å². The van der Waals surface area contributed by atoms with E-state index in [1.807, 2.05) is 0 Å². The van der Waals surface area contributed by atoms with Crippen LogP contribution in [0.2, 0.25) is 5.02 Å². The maximum atomic E-state index is 15.6. The van der Waals surface area contributed by atoms with Crippen LogP contribution in [0, 0.1) is 5.82 Å². The zero-order valence-corrected chi connectivity index (χ0v) is 26.5. The Hall–Kier alpha value is -5.13. The fourth-order valence-electron chi connectivity index (χ4n) is 5.28. The molecule has 0 saturated heterocycles. The summed E-state index contributed by atoms with van der Waals surface area (Å²) in [7, 11) is 0.291. The molecule has 2 aromatic heterocycles. The Kier molecular flexibility index (Phi) is 8.28. The van der Waals surface area contributed by atoms with Gasteiger partial charge in [-0.2, -0.15) is 0 Å². The third kappa shape index (κ3) is 5.70. The van der Waals surface area contributed by atoms with Crippen molar-refractivity contribution in [2.24, 2.45) is 7.05 Å². The van der Waals surface area contributed by atoms with Gasteiger partial charge < -0.3 is 18.6 Å². The molecule has 0 aliphatic rings. The minimum Gasteiger partial charge on any atom is -0.497 e. The molecule has 6 aromatic rings. The fourth-order valence-corrected chi connectivity index (χ4v) is 6.89. The SMILES string of the molecule is COc1ccc(CN(c2ccon2)S(=O)(=O)c2ccc3c(-c4cc(F)c(-c5cccc(Cl)c5)cc4OC)cn(C)c(=O)c3c2)cc1. The van der Waals surface area contributed by atoms with Gasteiger partial charge in [-0.1, -0.05) is 47.1 Å². The van der Waals surface area contributed by atoms with Gasteiger partial charge in [-0.15, -0.1) is 0 Å². The monoisotopic (exact) mass is 659 g/mol. The van der Waals surface area contributed by atoms with Gasteiger partial charge >= 0.3 is 0 Å².